The van der Waals surface area contributed by atoms with Gasteiger partial charge < -0.3 is 15.2 Å². The number of carboxylic acid groups (broad SMARTS) is 1. The minimum atomic E-state index is -1.38. The predicted octanol–water partition coefficient (Wildman–Crippen LogP) is 0.798. The zero-order valence-electron chi connectivity index (χ0n) is 9.88. The van der Waals surface area contributed by atoms with E-state index < -0.39 is 11.9 Å². The van der Waals surface area contributed by atoms with E-state index >= 15 is 0 Å². The summed E-state index contributed by atoms with van der Waals surface area (Å²) >= 11 is 3.29. The van der Waals surface area contributed by atoms with E-state index in [9.17, 15) is 14.7 Å². The number of aryl methyl sites for hydroxylation is 1. The van der Waals surface area contributed by atoms with E-state index in [-0.39, 0.29) is 11.4 Å². The van der Waals surface area contributed by atoms with Gasteiger partial charge in [-0.15, -0.1) is 0 Å². The lowest BCUT2D eigenvalue weighted by Crippen LogP contribution is -2.24. The van der Waals surface area contributed by atoms with Crippen molar-refractivity contribution in [1.29, 1.82) is 0 Å². The van der Waals surface area contributed by atoms with Crippen LogP contribution in [0.25, 0.3) is 0 Å². The van der Waals surface area contributed by atoms with Crippen LogP contribution in [0.15, 0.2) is 34.8 Å². The smallest absolute Gasteiger partial charge is 0.276 e. The number of nitrogens with one attached hydrogen (secondary N) is 1. The second-order valence-electron chi connectivity index (χ2n) is 3.79. The molecule has 0 aliphatic rings. The standard InChI is InChI=1S/C12H10BrN3O3/c1-16-10(12(18)19)6-9(15-16)11(17)14-8-4-2-3-7(13)5-8/h2-6H,1H3,(H,14,17)(H,18,19)/p-1. The first-order valence-corrected chi connectivity index (χ1v) is 6.09. The second kappa shape index (κ2) is 5.23. The molecule has 7 heteroatoms. The fraction of sp³-hybridized carbons (Fsp3) is 0.0833. The Hall–Kier alpha value is -2.15. The van der Waals surface area contributed by atoms with E-state index in [1.165, 1.54) is 13.1 Å². The van der Waals surface area contributed by atoms with Crippen molar-refractivity contribution in [2.75, 3.05) is 5.32 Å². The first kappa shape index (κ1) is 13.3. The molecule has 0 saturated heterocycles. The van der Waals surface area contributed by atoms with Crippen molar-refractivity contribution in [2.45, 2.75) is 0 Å². The Labute approximate surface area is 117 Å². The quantitative estimate of drug-likeness (QED) is 0.905. The minimum absolute atomic E-state index is 0.0154. The molecule has 0 saturated carbocycles. The van der Waals surface area contributed by atoms with Crippen molar-refractivity contribution in [3.63, 3.8) is 0 Å². The van der Waals surface area contributed by atoms with Crippen LogP contribution in [0.1, 0.15) is 21.0 Å². The van der Waals surface area contributed by atoms with Gasteiger partial charge in [0.25, 0.3) is 5.91 Å². The van der Waals surface area contributed by atoms with Gasteiger partial charge in [0, 0.05) is 17.2 Å². The number of benzene rings is 1. The summed E-state index contributed by atoms with van der Waals surface area (Å²) in [5.74, 6) is -1.86. The van der Waals surface area contributed by atoms with Gasteiger partial charge in [-0.1, -0.05) is 22.0 Å². The molecule has 0 aliphatic heterocycles. The van der Waals surface area contributed by atoms with E-state index in [1.807, 2.05) is 6.07 Å². The first-order chi connectivity index (χ1) is 8.97. The third-order valence-corrected chi connectivity index (χ3v) is 2.90. The number of nitrogens with zero attached hydrogens (tertiary/aromatic N) is 2. The Kier molecular flexibility index (Phi) is 3.66. The van der Waals surface area contributed by atoms with Crippen molar-refractivity contribution < 1.29 is 14.7 Å². The third kappa shape index (κ3) is 3.00. The third-order valence-electron chi connectivity index (χ3n) is 2.40. The Morgan fingerprint density at radius 2 is 2.11 bits per heavy atom. The first-order valence-electron chi connectivity index (χ1n) is 5.29. The van der Waals surface area contributed by atoms with E-state index in [4.69, 9.17) is 0 Å². The largest absolute Gasteiger partial charge is 0.543 e. The van der Waals surface area contributed by atoms with Gasteiger partial charge in [0.05, 0.1) is 11.7 Å². The number of aromatic nitrogens is 2. The van der Waals surface area contributed by atoms with E-state index in [0.29, 0.717) is 5.69 Å². The molecular weight excluding hydrogens is 314 g/mol. The summed E-state index contributed by atoms with van der Waals surface area (Å²) in [4.78, 5) is 22.6. The number of rotatable bonds is 3. The van der Waals surface area contributed by atoms with Crippen LogP contribution >= 0.6 is 15.9 Å². The van der Waals surface area contributed by atoms with Crippen LogP contribution in [-0.4, -0.2) is 21.7 Å². The van der Waals surface area contributed by atoms with Crippen molar-refractivity contribution in [3.8, 4) is 0 Å². The number of amides is 1. The predicted molar refractivity (Wildman–Crippen MR) is 69.6 cm³/mol. The molecule has 0 radical (unpaired) electrons. The lowest BCUT2D eigenvalue weighted by atomic mass is 10.3. The molecule has 0 spiro atoms. The molecule has 0 unspecified atom stereocenters. The van der Waals surface area contributed by atoms with Gasteiger partial charge >= 0.3 is 0 Å². The number of aromatic carboxylic acids is 1. The van der Waals surface area contributed by atoms with Gasteiger partial charge in [-0.3, -0.25) is 9.48 Å². The van der Waals surface area contributed by atoms with Gasteiger partial charge in [-0.25, -0.2) is 0 Å². The summed E-state index contributed by atoms with van der Waals surface area (Å²) in [5, 5.41) is 17.2. The monoisotopic (exact) mass is 322 g/mol. The summed E-state index contributed by atoms with van der Waals surface area (Å²) in [6, 6.07) is 8.20. The molecular formula is C12H9BrN3O3-. The average Bonchev–Trinajstić information content (AvgIpc) is 2.71. The maximum atomic E-state index is 11.9. The summed E-state index contributed by atoms with van der Waals surface area (Å²) in [6.07, 6.45) is 0. The zero-order chi connectivity index (χ0) is 14.0. The van der Waals surface area contributed by atoms with Crippen LogP contribution in [0, 0.1) is 0 Å². The Morgan fingerprint density at radius 1 is 1.37 bits per heavy atom. The molecule has 0 atom stereocenters. The van der Waals surface area contributed by atoms with Crippen LogP contribution < -0.4 is 10.4 Å². The highest BCUT2D eigenvalue weighted by molar-refractivity contribution is 9.10. The highest BCUT2D eigenvalue weighted by Crippen LogP contribution is 2.16. The summed E-state index contributed by atoms with van der Waals surface area (Å²) in [7, 11) is 1.43. The van der Waals surface area contributed by atoms with Gasteiger partial charge in [-0.05, 0) is 24.3 Å². The fourth-order valence-corrected chi connectivity index (χ4v) is 1.93. The van der Waals surface area contributed by atoms with Crippen molar-refractivity contribution >= 4 is 33.5 Å². The van der Waals surface area contributed by atoms with E-state index in [1.54, 1.807) is 18.2 Å². The van der Waals surface area contributed by atoms with Crippen LogP contribution in [-0.2, 0) is 7.05 Å². The Bertz CT molecular complexity index is 651. The number of hydrogen-bond donors (Lipinski definition) is 1. The van der Waals surface area contributed by atoms with Gasteiger partial charge in [0.1, 0.15) is 0 Å². The Balaban J connectivity index is 2.21. The minimum Gasteiger partial charge on any atom is -0.543 e. The maximum absolute atomic E-state index is 11.9. The number of anilines is 1. The van der Waals surface area contributed by atoms with Crippen LogP contribution in [0.3, 0.4) is 0 Å². The number of carbonyl (C=O) groups is 2. The molecule has 98 valence electrons. The van der Waals surface area contributed by atoms with E-state index in [0.717, 1.165) is 9.15 Å². The van der Waals surface area contributed by atoms with Crippen molar-refractivity contribution in [1.82, 2.24) is 9.78 Å². The highest BCUT2D eigenvalue weighted by atomic mass is 79.9. The lowest BCUT2D eigenvalue weighted by Gasteiger charge is -2.02. The topological polar surface area (TPSA) is 87.0 Å². The number of carboxylic acids is 1. The summed E-state index contributed by atoms with van der Waals surface area (Å²) in [5.41, 5.74) is 0.445. The molecule has 0 fully saturated rings. The molecule has 19 heavy (non-hydrogen) atoms. The van der Waals surface area contributed by atoms with Crippen molar-refractivity contribution in [3.05, 3.63) is 46.2 Å². The van der Waals surface area contributed by atoms with Crippen molar-refractivity contribution in [2.24, 2.45) is 7.05 Å². The molecule has 1 N–H and O–H groups in total. The summed E-state index contributed by atoms with van der Waals surface area (Å²) < 4.78 is 1.91. The second-order valence-corrected chi connectivity index (χ2v) is 4.71. The van der Waals surface area contributed by atoms with Crippen LogP contribution in [0.2, 0.25) is 0 Å². The molecule has 1 heterocycles. The highest BCUT2D eigenvalue weighted by Gasteiger charge is 2.13. The number of carbonyl (C=O) groups excluding carboxylic acids is 2. The van der Waals surface area contributed by atoms with Gasteiger partial charge in [-0.2, -0.15) is 5.10 Å². The zero-order valence-corrected chi connectivity index (χ0v) is 11.5. The molecule has 1 aromatic heterocycles. The molecule has 6 nitrogen and oxygen atoms in total. The summed E-state index contributed by atoms with van der Waals surface area (Å²) in [6.45, 7) is 0. The molecule has 2 rings (SSSR count). The molecule has 1 amide bonds. The molecule has 0 aliphatic carbocycles. The van der Waals surface area contributed by atoms with Gasteiger partial charge in [0.15, 0.2) is 5.69 Å². The van der Waals surface area contributed by atoms with E-state index in [2.05, 4.69) is 26.3 Å². The van der Waals surface area contributed by atoms with Gasteiger partial charge in [0.2, 0.25) is 0 Å². The SMILES string of the molecule is Cn1nc(C(=O)Nc2cccc(Br)c2)cc1C(=O)[O-]. The molecule has 0 bridgehead atoms. The van der Waals surface area contributed by atoms with Crippen LogP contribution in [0.5, 0.6) is 0 Å². The molecule has 2 aromatic rings. The normalized spacial score (nSPS) is 10.2. The lowest BCUT2D eigenvalue weighted by molar-refractivity contribution is -0.255. The fourth-order valence-electron chi connectivity index (χ4n) is 1.53. The number of halogens is 1. The number of hydrogen-bond acceptors (Lipinski definition) is 4. The average molecular weight is 323 g/mol. The molecule has 1 aromatic carbocycles. The van der Waals surface area contributed by atoms with Crippen LogP contribution in [0.4, 0.5) is 5.69 Å². The Morgan fingerprint density at radius 3 is 2.68 bits per heavy atom. The maximum Gasteiger partial charge on any atom is 0.276 e.